The van der Waals surface area contributed by atoms with Crippen LogP contribution in [0.1, 0.15) is 25.8 Å². The first-order valence-electron chi connectivity index (χ1n) is 5.82. The Labute approximate surface area is 117 Å². The number of nitrogens with two attached hydrogens (primary N) is 2. The molecule has 0 aromatic heterocycles. The highest BCUT2D eigenvalue weighted by Gasteiger charge is 2.29. The average molecular weight is 303 g/mol. The predicted molar refractivity (Wildman–Crippen MR) is 73.8 cm³/mol. The summed E-state index contributed by atoms with van der Waals surface area (Å²) in [5.74, 6) is -1.36. The number of anilines is 1. The number of rotatable bonds is 5. The van der Waals surface area contributed by atoms with Crippen molar-refractivity contribution in [2.24, 2.45) is 5.73 Å². The molecule has 0 heterocycles. The summed E-state index contributed by atoms with van der Waals surface area (Å²) in [7, 11) is -4.02. The molecule has 0 aliphatic heterocycles. The minimum absolute atomic E-state index is 0.00109. The largest absolute Gasteiger partial charge is 0.399 e. The lowest BCUT2D eigenvalue weighted by Gasteiger charge is -2.25. The highest BCUT2D eigenvalue weighted by molar-refractivity contribution is 7.89. The van der Waals surface area contributed by atoms with Gasteiger partial charge in [0.2, 0.25) is 15.9 Å². The van der Waals surface area contributed by atoms with Gasteiger partial charge in [0.15, 0.2) is 0 Å². The number of halogens is 1. The number of benzene rings is 1. The number of carbonyl (C=O) groups excluding carboxylic acids is 1. The maximum absolute atomic E-state index is 13.6. The summed E-state index contributed by atoms with van der Waals surface area (Å²) in [5, 5.41) is 0. The quantitative estimate of drug-likeness (QED) is 0.692. The first kappa shape index (κ1) is 16.4. The molecule has 0 fully saturated rings. The van der Waals surface area contributed by atoms with Crippen LogP contribution in [-0.4, -0.2) is 19.9 Å². The molecule has 0 atom stereocenters. The van der Waals surface area contributed by atoms with E-state index in [1.807, 2.05) is 0 Å². The summed E-state index contributed by atoms with van der Waals surface area (Å²) in [6, 6.07) is 2.21. The fraction of sp³-hybridized carbons (Fsp3) is 0.417. The van der Waals surface area contributed by atoms with E-state index in [0.717, 1.165) is 6.07 Å². The molecular formula is C12H18FN3O3S. The van der Waals surface area contributed by atoms with Crippen LogP contribution in [0, 0.1) is 12.7 Å². The molecule has 0 bridgehead atoms. The minimum Gasteiger partial charge on any atom is -0.399 e. The second-order valence-electron chi connectivity index (χ2n) is 5.26. The fourth-order valence-electron chi connectivity index (χ4n) is 1.84. The summed E-state index contributed by atoms with van der Waals surface area (Å²) in [6.07, 6.45) is -0.184. The summed E-state index contributed by atoms with van der Waals surface area (Å²) in [5.41, 5.74) is 9.40. The van der Waals surface area contributed by atoms with Crippen LogP contribution in [0.5, 0.6) is 0 Å². The van der Waals surface area contributed by atoms with Gasteiger partial charge in [0.05, 0.1) is 4.90 Å². The lowest BCUT2D eigenvalue weighted by Crippen LogP contribution is -2.46. The summed E-state index contributed by atoms with van der Waals surface area (Å²) >= 11 is 0. The third-order valence-electron chi connectivity index (χ3n) is 2.64. The Morgan fingerprint density at radius 3 is 2.45 bits per heavy atom. The van der Waals surface area contributed by atoms with Crippen LogP contribution < -0.4 is 16.2 Å². The zero-order valence-corrected chi connectivity index (χ0v) is 12.3. The van der Waals surface area contributed by atoms with Crippen LogP contribution in [0.4, 0.5) is 10.1 Å². The molecule has 1 aromatic rings. The van der Waals surface area contributed by atoms with Crippen molar-refractivity contribution < 1.29 is 17.6 Å². The molecule has 112 valence electrons. The van der Waals surface area contributed by atoms with Gasteiger partial charge < -0.3 is 11.5 Å². The third kappa shape index (κ3) is 3.91. The number of sulfonamides is 1. The number of hydrogen-bond donors (Lipinski definition) is 3. The van der Waals surface area contributed by atoms with Gasteiger partial charge in [-0.05, 0) is 32.9 Å². The van der Waals surface area contributed by atoms with Crippen molar-refractivity contribution in [1.29, 1.82) is 0 Å². The Kier molecular flexibility index (Phi) is 4.40. The lowest BCUT2D eigenvalue weighted by molar-refractivity contribution is -0.119. The molecule has 1 amide bonds. The van der Waals surface area contributed by atoms with Crippen LogP contribution in [0.3, 0.4) is 0 Å². The molecular weight excluding hydrogens is 285 g/mol. The SMILES string of the molecule is Cc1c(F)cc(N)cc1S(=O)(=O)NC(C)(C)CC(N)=O. The molecule has 20 heavy (non-hydrogen) atoms. The summed E-state index contributed by atoms with van der Waals surface area (Å²) in [4.78, 5) is 10.7. The molecule has 0 aliphatic carbocycles. The number of primary amides is 1. The monoisotopic (exact) mass is 303 g/mol. The fourth-order valence-corrected chi connectivity index (χ4v) is 3.54. The van der Waals surface area contributed by atoms with Crippen molar-refractivity contribution in [3.05, 3.63) is 23.5 Å². The van der Waals surface area contributed by atoms with E-state index >= 15 is 0 Å². The number of amides is 1. The van der Waals surface area contributed by atoms with Gasteiger partial charge in [0.1, 0.15) is 5.82 Å². The summed E-state index contributed by atoms with van der Waals surface area (Å²) in [6.45, 7) is 4.35. The van der Waals surface area contributed by atoms with Crippen LogP contribution in [0.15, 0.2) is 17.0 Å². The van der Waals surface area contributed by atoms with Gasteiger partial charge in [-0.15, -0.1) is 0 Å². The van der Waals surface area contributed by atoms with E-state index in [1.54, 1.807) is 0 Å². The van der Waals surface area contributed by atoms with Crippen molar-refractivity contribution in [3.63, 3.8) is 0 Å². The van der Waals surface area contributed by atoms with E-state index < -0.39 is 27.3 Å². The van der Waals surface area contributed by atoms with Crippen molar-refractivity contribution in [3.8, 4) is 0 Å². The molecule has 0 radical (unpaired) electrons. The molecule has 5 N–H and O–H groups in total. The zero-order valence-electron chi connectivity index (χ0n) is 11.5. The minimum atomic E-state index is -4.02. The predicted octanol–water partition coefficient (Wildman–Crippen LogP) is 0.649. The van der Waals surface area contributed by atoms with Gasteiger partial charge in [-0.1, -0.05) is 0 Å². The van der Waals surface area contributed by atoms with E-state index in [4.69, 9.17) is 11.5 Å². The van der Waals surface area contributed by atoms with Gasteiger partial charge in [0, 0.05) is 23.2 Å². The normalized spacial score (nSPS) is 12.4. The van der Waals surface area contributed by atoms with Gasteiger partial charge in [0.25, 0.3) is 0 Å². The number of nitrogen functional groups attached to an aromatic ring is 1. The lowest BCUT2D eigenvalue weighted by atomic mass is 10.0. The van der Waals surface area contributed by atoms with Gasteiger partial charge >= 0.3 is 0 Å². The highest BCUT2D eigenvalue weighted by Crippen LogP contribution is 2.23. The molecule has 1 rings (SSSR count). The summed E-state index contributed by atoms with van der Waals surface area (Å²) < 4.78 is 40.4. The first-order chi connectivity index (χ1) is 8.94. The molecule has 1 aromatic carbocycles. The number of nitrogens with one attached hydrogen (secondary N) is 1. The van der Waals surface area contributed by atoms with E-state index in [0.29, 0.717) is 0 Å². The Morgan fingerprint density at radius 1 is 1.40 bits per heavy atom. The Bertz CT molecular complexity index is 642. The van der Waals surface area contributed by atoms with E-state index in [1.165, 1.54) is 26.8 Å². The smallest absolute Gasteiger partial charge is 0.241 e. The van der Waals surface area contributed by atoms with Crippen molar-refractivity contribution >= 4 is 21.6 Å². The topological polar surface area (TPSA) is 115 Å². The molecule has 0 unspecified atom stereocenters. The van der Waals surface area contributed by atoms with Gasteiger partial charge in [-0.25, -0.2) is 17.5 Å². The number of hydrogen-bond acceptors (Lipinski definition) is 4. The van der Waals surface area contributed by atoms with Crippen molar-refractivity contribution in [2.75, 3.05) is 5.73 Å². The molecule has 0 saturated heterocycles. The average Bonchev–Trinajstić information content (AvgIpc) is 2.19. The van der Waals surface area contributed by atoms with Crippen LogP contribution in [0.25, 0.3) is 0 Å². The Morgan fingerprint density at radius 2 is 1.95 bits per heavy atom. The van der Waals surface area contributed by atoms with Crippen LogP contribution >= 0.6 is 0 Å². The zero-order chi connectivity index (χ0) is 15.7. The van der Waals surface area contributed by atoms with E-state index in [2.05, 4.69) is 4.72 Å². The third-order valence-corrected chi connectivity index (χ3v) is 4.46. The maximum atomic E-state index is 13.6. The molecule has 0 spiro atoms. The highest BCUT2D eigenvalue weighted by atomic mass is 32.2. The first-order valence-corrected chi connectivity index (χ1v) is 7.31. The molecule has 8 heteroatoms. The second kappa shape index (κ2) is 5.37. The van der Waals surface area contributed by atoms with Crippen molar-refractivity contribution in [2.45, 2.75) is 37.6 Å². The second-order valence-corrected chi connectivity index (χ2v) is 6.91. The maximum Gasteiger partial charge on any atom is 0.241 e. The molecule has 0 aliphatic rings. The molecule has 6 nitrogen and oxygen atoms in total. The van der Waals surface area contributed by atoms with E-state index in [9.17, 15) is 17.6 Å². The van der Waals surface area contributed by atoms with Gasteiger partial charge in [-0.3, -0.25) is 4.79 Å². The van der Waals surface area contributed by atoms with E-state index in [-0.39, 0.29) is 22.6 Å². The van der Waals surface area contributed by atoms with Crippen LogP contribution in [0.2, 0.25) is 0 Å². The molecule has 0 saturated carbocycles. The van der Waals surface area contributed by atoms with Gasteiger partial charge in [-0.2, -0.15) is 0 Å². The Hall–Kier alpha value is -1.67. The Balaban J connectivity index is 3.22. The number of carbonyl (C=O) groups is 1. The van der Waals surface area contributed by atoms with Crippen LogP contribution in [-0.2, 0) is 14.8 Å². The standard InChI is InChI=1S/C12H18FN3O3S/c1-7-9(13)4-8(14)5-10(7)20(18,19)16-12(2,3)6-11(15)17/h4-5,16H,6,14H2,1-3H3,(H2,15,17). The van der Waals surface area contributed by atoms with Crippen molar-refractivity contribution in [1.82, 2.24) is 4.72 Å².